The molecule has 3 heterocycles. The van der Waals surface area contributed by atoms with Crippen LogP contribution in [-0.2, 0) is 11.0 Å². The molecule has 2 aromatic carbocycles. The third-order valence-corrected chi connectivity index (χ3v) is 7.34. The second kappa shape index (κ2) is 12.8. The van der Waals surface area contributed by atoms with Crippen molar-refractivity contribution in [1.82, 2.24) is 24.6 Å². The first-order valence-corrected chi connectivity index (χ1v) is 14.1. The Balaban J connectivity index is 1.38. The Morgan fingerprint density at radius 3 is 2.42 bits per heavy atom. The molecular weight excluding hydrogens is 589 g/mol. The largest absolute Gasteiger partial charge is 0.416 e. The molecule has 0 saturated carbocycles. The first-order chi connectivity index (χ1) is 21.4. The van der Waals surface area contributed by atoms with Gasteiger partial charge in [0.25, 0.3) is 5.91 Å². The molecule has 15 heteroatoms. The van der Waals surface area contributed by atoms with Crippen LogP contribution in [-0.4, -0.2) is 76.2 Å². The van der Waals surface area contributed by atoms with Crippen LogP contribution in [0.25, 0.3) is 5.82 Å². The van der Waals surface area contributed by atoms with Crippen molar-refractivity contribution < 1.29 is 22.8 Å². The van der Waals surface area contributed by atoms with Crippen LogP contribution in [0.15, 0.2) is 54.9 Å². The number of rotatable bonds is 9. The van der Waals surface area contributed by atoms with E-state index >= 15 is 0 Å². The maximum Gasteiger partial charge on any atom is 0.416 e. The summed E-state index contributed by atoms with van der Waals surface area (Å²) >= 11 is 0. The Kier molecular flexibility index (Phi) is 8.90. The zero-order valence-corrected chi connectivity index (χ0v) is 24.9. The highest BCUT2D eigenvalue weighted by Gasteiger charge is 2.33. The lowest BCUT2D eigenvalue weighted by Gasteiger charge is -2.35. The van der Waals surface area contributed by atoms with E-state index in [0.717, 1.165) is 23.4 Å². The Bertz CT molecular complexity index is 1710. The third-order valence-electron chi connectivity index (χ3n) is 7.34. The van der Waals surface area contributed by atoms with Crippen LogP contribution < -0.4 is 26.6 Å². The number of benzene rings is 2. The van der Waals surface area contributed by atoms with Gasteiger partial charge in [-0.1, -0.05) is 6.07 Å². The summed E-state index contributed by atoms with van der Waals surface area (Å²) in [6, 6.07) is 12.1. The van der Waals surface area contributed by atoms with Crippen LogP contribution in [0.1, 0.15) is 27.2 Å². The number of amides is 2. The molecule has 5 rings (SSSR count). The summed E-state index contributed by atoms with van der Waals surface area (Å²) in [5.74, 6) is 0.597. The van der Waals surface area contributed by atoms with Crippen molar-refractivity contribution in [3.05, 3.63) is 77.2 Å². The number of nitrogens with two attached hydrogens (primary N) is 1. The molecule has 12 nitrogen and oxygen atoms in total. The van der Waals surface area contributed by atoms with Crippen LogP contribution in [0, 0.1) is 13.8 Å². The highest BCUT2D eigenvalue weighted by Crippen LogP contribution is 2.34. The Hall–Kier alpha value is -5.18. The summed E-state index contributed by atoms with van der Waals surface area (Å²) in [6.07, 6.45) is -3.23. The molecular formula is C30H33F3N10O2. The van der Waals surface area contributed by atoms with E-state index in [9.17, 15) is 22.8 Å². The van der Waals surface area contributed by atoms with Crippen LogP contribution >= 0.6 is 0 Å². The summed E-state index contributed by atoms with van der Waals surface area (Å²) in [5.41, 5.74) is 7.11. The van der Waals surface area contributed by atoms with E-state index in [0.29, 0.717) is 55.0 Å². The number of piperazine rings is 1. The number of anilines is 5. The number of carbonyl (C=O) groups is 2. The minimum atomic E-state index is -4.65. The number of nitrogens with one attached hydrogen (secondary N) is 3. The van der Waals surface area contributed by atoms with Crippen molar-refractivity contribution in [3.63, 3.8) is 0 Å². The molecule has 0 aliphatic carbocycles. The first kappa shape index (κ1) is 31.3. The van der Waals surface area contributed by atoms with Gasteiger partial charge in [-0.05, 0) is 49.7 Å². The molecule has 45 heavy (non-hydrogen) atoms. The first-order valence-electron chi connectivity index (χ1n) is 14.1. The van der Waals surface area contributed by atoms with Gasteiger partial charge in [0.2, 0.25) is 5.91 Å². The fourth-order valence-electron chi connectivity index (χ4n) is 5.01. The molecule has 4 aromatic rings. The van der Waals surface area contributed by atoms with Gasteiger partial charge in [0.15, 0.2) is 5.82 Å². The summed E-state index contributed by atoms with van der Waals surface area (Å²) in [6.45, 7) is 5.47. The minimum absolute atomic E-state index is 0.0807. The molecule has 0 atom stereocenters. The fraction of sp³-hybridized carbons (Fsp3) is 0.300. The standard InChI is InChI=1S/C30H33F3N10O2/c1-18-4-5-22(14-24(18)39-28-10-19(2)40-43(28)27-15-26(35-3)36-17-37-27)38-29(45)20-11-21(30(31,32)33)13-23(12-20)42-8-6-41(7-9-42)16-25(34)44/h4-5,10-15,17,39H,6-9,16H2,1-3H3,(H2,34,44)(H,38,45)(H,35,36,37). The van der Waals surface area contributed by atoms with Crippen LogP contribution in [0.2, 0.25) is 0 Å². The molecule has 2 aromatic heterocycles. The molecule has 1 saturated heterocycles. The van der Waals surface area contributed by atoms with Gasteiger partial charge in [0.05, 0.1) is 17.8 Å². The van der Waals surface area contributed by atoms with Gasteiger partial charge in [-0.15, -0.1) is 0 Å². The Morgan fingerprint density at radius 2 is 1.73 bits per heavy atom. The number of carbonyl (C=O) groups excluding carboxylic acids is 2. The molecule has 236 valence electrons. The lowest BCUT2D eigenvalue weighted by Crippen LogP contribution is -2.49. The lowest BCUT2D eigenvalue weighted by molar-refractivity contribution is -0.137. The van der Waals surface area contributed by atoms with Crippen LogP contribution in [0.3, 0.4) is 0 Å². The quantitative estimate of drug-likeness (QED) is 0.218. The number of hydrogen-bond acceptors (Lipinski definition) is 9. The van der Waals surface area contributed by atoms with Crippen molar-refractivity contribution in [2.45, 2.75) is 20.0 Å². The molecule has 5 N–H and O–H groups in total. The molecule has 0 unspecified atom stereocenters. The molecule has 2 amide bonds. The second-order valence-electron chi connectivity index (χ2n) is 10.7. The van der Waals surface area contributed by atoms with Gasteiger partial charge < -0.3 is 26.6 Å². The van der Waals surface area contributed by atoms with Crippen molar-refractivity contribution in [2.24, 2.45) is 5.73 Å². The van der Waals surface area contributed by atoms with Gasteiger partial charge in [0.1, 0.15) is 18.0 Å². The van der Waals surface area contributed by atoms with Gasteiger partial charge in [-0.2, -0.15) is 23.0 Å². The average Bonchev–Trinajstić information content (AvgIpc) is 3.38. The number of primary amides is 1. The van der Waals surface area contributed by atoms with Gasteiger partial charge in [0, 0.05) is 68.0 Å². The smallest absolute Gasteiger partial charge is 0.373 e. The number of nitrogens with zero attached hydrogens (tertiary/aromatic N) is 6. The zero-order valence-electron chi connectivity index (χ0n) is 24.9. The second-order valence-corrected chi connectivity index (χ2v) is 10.7. The highest BCUT2D eigenvalue weighted by molar-refractivity contribution is 6.05. The molecule has 0 radical (unpaired) electrons. The molecule has 1 fully saturated rings. The number of alkyl halides is 3. The summed E-state index contributed by atoms with van der Waals surface area (Å²) in [5, 5.41) is 13.6. The van der Waals surface area contributed by atoms with E-state index in [-0.39, 0.29) is 17.8 Å². The fourth-order valence-corrected chi connectivity index (χ4v) is 5.01. The van der Waals surface area contributed by atoms with Gasteiger partial charge in [-0.25, -0.2) is 9.97 Å². The maximum atomic E-state index is 13.9. The predicted octanol–water partition coefficient (Wildman–Crippen LogP) is 3.94. The highest BCUT2D eigenvalue weighted by atomic mass is 19.4. The topological polar surface area (TPSA) is 146 Å². The van der Waals surface area contributed by atoms with Gasteiger partial charge >= 0.3 is 6.18 Å². The Labute approximate surface area is 257 Å². The summed E-state index contributed by atoms with van der Waals surface area (Å²) in [7, 11) is 1.75. The summed E-state index contributed by atoms with van der Waals surface area (Å²) < 4.78 is 43.3. The number of halogens is 3. The maximum absolute atomic E-state index is 13.9. The summed E-state index contributed by atoms with van der Waals surface area (Å²) in [4.78, 5) is 36.7. The molecule has 1 aliphatic rings. The van der Waals surface area contributed by atoms with E-state index < -0.39 is 23.6 Å². The Morgan fingerprint density at radius 1 is 0.978 bits per heavy atom. The molecule has 1 aliphatic heterocycles. The lowest BCUT2D eigenvalue weighted by atomic mass is 10.1. The van der Waals surface area contributed by atoms with E-state index in [1.807, 2.05) is 24.8 Å². The van der Waals surface area contributed by atoms with Crippen molar-refractivity contribution in [2.75, 3.05) is 60.6 Å². The predicted molar refractivity (Wildman–Crippen MR) is 165 cm³/mol. The number of hydrogen-bond donors (Lipinski definition) is 4. The SMILES string of the molecule is CNc1cc(-n2nc(C)cc2Nc2cc(NC(=O)c3cc(N4CCN(CC(N)=O)CC4)cc(C(F)(F)F)c3)ccc2C)ncn1. The molecule has 0 bridgehead atoms. The van der Waals surface area contributed by atoms with E-state index in [1.165, 1.54) is 12.4 Å². The molecule has 0 spiro atoms. The average molecular weight is 623 g/mol. The zero-order chi connectivity index (χ0) is 32.3. The van der Waals surface area contributed by atoms with E-state index in [1.54, 1.807) is 40.9 Å². The van der Waals surface area contributed by atoms with Gasteiger partial charge in [-0.3, -0.25) is 14.5 Å². The van der Waals surface area contributed by atoms with E-state index in [4.69, 9.17) is 5.73 Å². The van der Waals surface area contributed by atoms with Crippen molar-refractivity contribution >= 4 is 40.5 Å². The van der Waals surface area contributed by atoms with Crippen molar-refractivity contribution in [3.8, 4) is 5.82 Å². The number of aryl methyl sites for hydroxylation is 2. The monoisotopic (exact) mass is 622 g/mol. The minimum Gasteiger partial charge on any atom is -0.373 e. The van der Waals surface area contributed by atoms with E-state index in [2.05, 4.69) is 31.0 Å². The van der Waals surface area contributed by atoms with Crippen molar-refractivity contribution in [1.29, 1.82) is 0 Å². The van der Waals surface area contributed by atoms with Crippen LogP contribution in [0.4, 0.5) is 41.9 Å². The van der Waals surface area contributed by atoms with Crippen LogP contribution in [0.5, 0.6) is 0 Å². The normalized spacial score (nSPS) is 13.9. The number of aromatic nitrogens is 4. The third kappa shape index (κ3) is 7.49.